The summed E-state index contributed by atoms with van der Waals surface area (Å²) in [6, 6.07) is 0.0916. The Bertz CT molecular complexity index is 512. The topological polar surface area (TPSA) is 69.4 Å². The quantitative estimate of drug-likeness (QED) is 0.357. The summed E-state index contributed by atoms with van der Waals surface area (Å²) in [6.45, 7) is 0. The molecule has 0 N–H and O–H groups in total. The molecule has 0 aliphatic heterocycles. The molecular weight excluding hydrogens is 262 g/mol. The molecule has 0 amide bonds. The van der Waals surface area contributed by atoms with Gasteiger partial charge < -0.3 is 4.74 Å². The second kappa shape index (κ2) is 4.59. The van der Waals surface area contributed by atoms with Gasteiger partial charge in [-0.15, -0.1) is 0 Å². The third-order valence-corrected chi connectivity index (χ3v) is 1.99. The lowest BCUT2D eigenvalue weighted by molar-refractivity contribution is -0.387. The van der Waals surface area contributed by atoms with E-state index in [1.54, 1.807) is 0 Å². The molecule has 0 heterocycles. The summed E-state index contributed by atoms with van der Waals surface area (Å²) in [5.74, 6) is -2.98. The van der Waals surface area contributed by atoms with Crippen LogP contribution in [0.2, 0.25) is 0 Å². The standard InChI is InChI=1S/C9H5F4NO4/c1-18-8(15)4-2-6(10)7(14(16)17)3-5(4)9(11,12)13/h2-3H,1H3. The summed E-state index contributed by atoms with van der Waals surface area (Å²) in [5, 5.41) is 10.3. The zero-order valence-electron chi connectivity index (χ0n) is 8.75. The van der Waals surface area contributed by atoms with Gasteiger partial charge in [0.2, 0.25) is 5.82 Å². The van der Waals surface area contributed by atoms with E-state index in [1.807, 2.05) is 0 Å². The lowest BCUT2D eigenvalue weighted by Crippen LogP contribution is -2.15. The number of carbonyl (C=O) groups excluding carboxylic acids is 1. The van der Waals surface area contributed by atoms with Gasteiger partial charge in [0.15, 0.2) is 0 Å². The predicted octanol–water partition coefficient (Wildman–Crippen LogP) is 2.54. The van der Waals surface area contributed by atoms with Crippen LogP contribution in [0.4, 0.5) is 23.2 Å². The number of alkyl halides is 3. The van der Waals surface area contributed by atoms with Crippen molar-refractivity contribution in [1.29, 1.82) is 0 Å². The van der Waals surface area contributed by atoms with Crippen LogP contribution in [0.15, 0.2) is 12.1 Å². The van der Waals surface area contributed by atoms with Gasteiger partial charge in [0.05, 0.1) is 23.2 Å². The molecule has 0 saturated carbocycles. The number of halogens is 4. The number of hydrogen-bond donors (Lipinski definition) is 0. The van der Waals surface area contributed by atoms with Gasteiger partial charge in [-0.05, 0) is 6.07 Å². The van der Waals surface area contributed by atoms with E-state index in [4.69, 9.17) is 0 Å². The molecule has 0 fully saturated rings. The SMILES string of the molecule is COC(=O)c1cc(F)c([N+](=O)[O-])cc1C(F)(F)F. The molecule has 0 bridgehead atoms. The molecule has 18 heavy (non-hydrogen) atoms. The fourth-order valence-electron chi connectivity index (χ4n) is 1.22. The first kappa shape index (κ1) is 13.9. The number of nitro groups is 1. The Balaban J connectivity index is 3.57. The van der Waals surface area contributed by atoms with Crippen molar-refractivity contribution in [3.63, 3.8) is 0 Å². The Morgan fingerprint density at radius 3 is 2.33 bits per heavy atom. The number of esters is 1. The van der Waals surface area contributed by atoms with Crippen molar-refractivity contribution < 1.29 is 32.0 Å². The van der Waals surface area contributed by atoms with Gasteiger partial charge in [-0.3, -0.25) is 10.1 Å². The molecule has 0 radical (unpaired) electrons. The average Bonchev–Trinajstić information content (AvgIpc) is 2.25. The summed E-state index contributed by atoms with van der Waals surface area (Å²) in [4.78, 5) is 20.1. The first-order valence-corrected chi connectivity index (χ1v) is 4.32. The number of nitro benzene ring substituents is 1. The lowest BCUT2D eigenvalue weighted by Gasteiger charge is -2.11. The molecule has 9 heteroatoms. The largest absolute Gasteiger partial charge is 0.465 e. The van der Waals surface area contributed by atoms with E-state index in [0.29, 0.717) is 0 Å². The Morgan fingerprint density at radius 2 is 1.94 bits per heavy atom. The lowest BCUT2D eigenvalue weighted by atomic mass is 10.1. The summed E-state index contributed by atoms with van der Waals surface area (Å²) in [7, 11) is 0.807. The van der Waals surface area contributed by atoms with Crippen molar-refractivity contribution in [1.82, 2.24) is 0 Å². The van der Waals surface area contributed by atoms with Crippen LogP contribution in [0.3, 0.4) is 0 Å². The molecule has 1 aromatic carbocycles. The molecule has 1 rings (SSSR count). The molecule has 98 valence electrons. The van der Waals surface area contributed by atoms with Crippen LogP contribution in [0.25, 0.3) is 0 Å². The van der Waals surface area contributed by atoms with E-state index >= 15 is 0 Å². The minimum Gasteiger partial charge on any atom is -0.465 e. The zero-order chi connectivity index (χ0) is 14.1. The van der Waals surface area contributed by atoms with Gasteiger partial charge in [-0.25, -0.2) is 4.79 Å². The van der Waals surface area contributed by atoms with Gasteiger partial charge in [0.25, 0.3) is 0 Å². The third-order valence-electron chi connectivity index (χ3n) is 1.99. The molecule has 0 saturated heterocycles. The van der Waals surface area contributed by atoms with Gasteiger partial charge in [-0.2, -0.15) is 17.6 Å². The molecule has 0 atom stereocenters. The molecule has 0 unspecified atom stereocenters. The molecule has 0 aliphatic carbocycles. The highest BCUT2D eigenvalue weighted by atomic mass is 19.4. The molecule has 0 aromatic heterocycles. The maximum Gasteiger partial charge on any atom is 0.417 e. The van der Waals surface area contributed by atoms with E-state index in [-0.39, 0.29) is 12.1 Å². The molecule has 5 nitrogen and oxygen atoms in total. The van der Waals surface area contributed by atoms with Gasteiger partial charge in [0, 0.05) is 6.07 Å². The first-order chi connectivity index (χ1) is 8.18. The Kier molecular flexibility index (Phi) is 3.54. The Morgan fingerprint density at radius 1 is 1.39 bits per heavy atom. The molecule has 0 spiro atoms. The molecular formula is C9H5F4NO4. The second-order valence-corrected chi connectivity index (χ2v) is 3.10. The predicted molar refractivity (Wildman–Crippen MR) is 49.4 cm³/mol. The minimum atomic E-state index is -5.04. The highest BCUT2D eigenvalue weighted by molar-refractivity contribution is 5.91. The van der Waals surface area contributed by atoms with Crippen LogP contribution in [-0.2, 0) is 10.9 Å². The van der Waals surface area contributed by atoms with E-state index in [0.717, 1.165) is 7.11 Å². The molecule has 0 aliphatic rings. The zero-order valence-corrected chi connectivity index (χ0v) is 8.75. The highest BCUT2D eigenvalue weighted by Crippen LogP contribution is 2.35. The maximum absolute atomic E-state index is 13.1. The number of ether oxygens (including phenoxy) is 1. The number of nitrogens with zero attached hydrogens (tertiary/aromatic N) is 1. The van der Waals surface area contributed by atoms with Crippen LogP contribution in [0.5, 0.6) is 0 Å². The van der Waals surface area contributed by atoms with Crippen molar-refractivity contribution in [2.45, 2.75) is 6.18 Å². The average molecular weight is 267 g/mol. The van der Waals surface area contributed by atoms with E-state index in [9.17, 15) is 32.5 Å². The summed E-state index contributed by atoms with van der Waals surface area (Å²) < 4.78 is 54.9. The number of methoxy groups -OCH3 is 1. The highest BCUT2D eigenvalue weighted by Gasteiger charge is 2.38. The van der Waals surface area contributed by atoms with Crippen molar-refractivity contribution >= 4 is 11.7 Å². The van der Waals surface area contributed by atoms with E-state index in [1.165, 1.54) is 0 Å². The molecule has 1 aromatic rings. The number of hydrogen-bond acceptors (Lipinski definition) is 4. The number of rotatable bonds is 2. The summed E-state index contributed by atoms with van der Waals surface area (Å²) >= 11 is 0. The minimum absolute atomic E-state index is 0.0401. The van der Waals surface area contributed by atoms with E-state index < -0.39 is 39.7 Å². The summed E-state index contributed by atoms with van der Waals surface area (Å²) in [5.41, 5.74) is -4.11. The Labute approximate surface area is 97.1 Å². The smallest absolute Gasteiger partial charge is 0.417 e. The first-order valence-electron chi connectivity index (χ1n) is 4.32. The number of carbonyl (C=O) groups is 1. The summed E-state index contributed by atoms with van der Waals surface area (Å²) in [6.07, 6.45) is -5.04. The van der Waals surface area contributed by atoms with Gasteiger partial charge in [0.1, 0.15) is 0 Å². The number of benzene rings is 1. The van der Waals surface area contributed by atoms with Gasteiger partial charge in [-0.1, -0.05) is 0 Å². The van der Waals surface area contributed by atoms with Crippen LogP contribution in [-0.4, -0.2) is 18.0 Å². The monoisotopic (exact) mass is 267 g/mol. The van der Waals surface area contributed by atoms with E-state index in [2.05, 4.69) is 4.74 Å². The maximum atomic E-state index is 13.1. The van der Waals surface area contributed by atoms with Crippen molar-refractivity contribution in [3.8, 4) is 0 Å². The fraction of sp³-hybridized carbons (Fsp3) is 0.222. The van der Waals surface area contributed by atoms with Crippen LogP contribution in [0, 0.1) is 15.9 Å². The third kappa shape index (κ3) is 2.55. The van der Waals surface area contributed by atoms with Gasteiger partial charge >= 0.3 is 17.8 Å². The Hall–Kier alpha value is -2.19. The van der Waals surface area contributed by atoms with Crippen molar-refractivity contribution in [2.75, 3.05) is 7.11 Å². The van der Waals surface area contributed by atoms with Crippen molar-refractivity contribution in [3.05, 3.63) is 39.2 Å². The normalized spacial score (nSPS) is 11.2. The fourth-order valence-corrected chi connectivity index (χ4v) is 1.22. The van der Waals surface area contributed by atoms with Crippen LogP contribution < -0.4 is 0 Å². The van der Waals surface area contributed by atoms with Crippen LogP contribution in [0.1, 0.15) is 15.9 Å². The van der Waals surface area contributed by atoms with Crippen molar-refractivity contribution in [2.24, 2.45) is 0 Å². The second-order valence-electron chi connectivity index (χ2n) is 3.10. The van der Waals surface area contributed by atoms with Crippen LogP contribution >= 0.6 is 0 Å².